The minimum absolute atomic E-state index is 0.652. The molecular formula is C36H24N4. The molecule has 0 radical (unpaired) electrons. The quantitative estimate of drug-likeness (QED) is 0.236. The largest absolute Gasteiger partial charge is 0.314 e. The molecule has 188 valence electrons. The van der Waals surface area contributed by atoms with Gasteiger partial charge in [0.05, 0.1) is 33.5 Å². The van der Waals surface area contributed by atoms with Crippen LogP contribution in [0.2, 0.25) is 0 Å². The number of nitrogens with zero attached hydrogens (tertiary/aromatic N) is 4. The molecule has 0 N–H and O–H groups in total. The van der Waals surface area contributed by atoms with E-state index in [4.69, 9.17) is 9.97 Å². The number of para-hydroxylation sites is 1. The lowest BCUT2D eigenvalue weighted by molar-refractivity contribution is 0.997. The summed E-state index contributed by atoms with van der Waals surface area (Å²) in [5, 5.41) is 1.16. The number of pyridine rings is 1. The van der Waals surface area contributed by atoms with E-state index in [1.807, 2.05) is 12.1 Å². The first kappa shape index (κ1) is 22.5. The van der Waals surface area contributed by atoms with Crippen LogP contribution in [-0.2, 0) is 0 Å². The Morgan fingerprint density at radius 2 is 0.975 bits per heavy atom. The fourth-order valence-corrected chi connectivity index (χ4v) is 5.81. The van der Waals surface area contributed by atoms with Crippen LogP contribution in [0.4, 0.5) is 0 Å². The standard InChI is InChI=1S/C36H24N4/c1-4-14-25(15-5-1)29-24-30(26-16-6-2-7-17-26)38-36(37-29)40-31-21-11-10-20-28(31)34-35(40)33(27-18-8-3-9-19-27)32-22-12-13-23-39(32)34/h1-24H. The average molecular weight is 513 g/mol. The Morgan fingerprint density at radius 1 is 0.450 bits per heavy atom. The highest BCUT2D eigenvalue weighted by molar-refractivity contribution is 6.17. The highest BCUT2D eigenvalue weighted by Gasteiger charge is 2.24. The van der Waals surface area contributed by atoms with Crippen molar-refractivity contribution in [3.63, 3.8) is 0 Å². The number of fused-ring (bicyclic) bond motifs is 5. The van der Waals surface area contributed by atoms with Gasteiger partial charge < -0.3 is 4.40 Å². The van der Waals surface area contributed by atoms with Crippen LogP contribution >= 0.6 is 0 Å². The minimum atomic E-state index is 0.652. The monoisotopic (exact) mass is 512 g/mol. The summed E-state index contributed by atoms with van der Waals surface area (Å²) >= 11 is 0. The summed E-state index contributed by atoms with van der Waals surface area (Å²) in [5.41, 5.74) is 10.7. The van der Waals surface area contributed by atoms with Gasteiger partial charge in [0.25, 0.3) is 0 Å². The third kappa shape index (κ3) is 3.47. The number of rotatable bonds is 4. The van der Waals surface area contributed by atoms with Gasteiger partial charge in [0.15, 0.2) is 0 Å². The lowest BCUT2D eigenvalue weighted by atomic mass is 10.1. The number of aromatic nitrogens is 4. The number of benzene rings is 4. The van der Waals surface area contributed by atoms with E-state index in [9.17, 15) is 0 Å². The maximum atomic E-state index is 5.22. The number of hydrogen-bond donors (Lipinski definition) is 0. The van der Waals surface area contributed by atoms with E-state index in [1.54, 1.807) is 0 Å². The van der Waals surface area contributed by atoms with Crippen LogP contribution in [0.15, 0.2) is 146 Å². The molecule has 8 aromatic rings. The molecule has 0 unspecified atom stereocenters. The van der Waals surface area contributed by atoms with Crippen molar-refractivity contribution in [2.75, 3.05) is 0 Å². The average Bonchev–Trinajstić information content (AvgIpc) is 3.55. The topological polar surface area (TPSA) is 35.1 Å². The van der Waals surface area contributed by atoms with Crippen molar-refractivity contribution >= 4 is 27.5 Å². The van der Waals surface area contributed by atoms with Crippen LogP contribution in [0.25, 0.3) is 67.0 Å². The number of hydrogen-bond acceptors (Lipinski definition) is 2. The van der Waals surface area contributed by atoms with Gasteiger partial charge in [-0.2, -0.15) is 0 Å². The summed E-state index contributed by atoms with van der Waals surface area (Å²) in [6, 6.07) is 48.3. The van der Waals surface area contributed by atoms with E-state index >= 15 is 0 Å². The van der Waals surface area contributed by atoms with Crippen LogP contribution in [0, 0.1) is 0 Å². The fourth-order valence-electron chi connectivity index (χ4n) is 5.81. The summed E-state index contributed by atoms with van der Waals surface area (Å²) in [6.45, 7) is 0. The molecule has 0 atom stereocenters. The van der Waals surface area contributed by atoms with E-state index in [0.717, 1.165) is 55.5 Å². The first-order valence-electron chi connectivity index (χ1n) is 13.4. The van der Waals surface area contributed by atoms with Crippen molar-refractivity contribution < 1.29 is 0 Å². The molecule has 4 heterocycles. The van der Waals surface area contributed by atoms with Gasteiger partial charge in [0.1, 0.15) is 0 Å². The maximum absolute atomic E-state index is 5.22. The van der Waals surface area contributed by atoms with Crippen molar-refractivity contribution in [3.05, 3.63) is 146 Å². The normalized spacial score (nSPS) is 11.5. The smallest absolute Gasteiger partial charge is 0.235 e. The van der Waals surface area contributed by atoms with Crippen LogP contribution < -0.4 is 0 Å². The van der Waals surface area contributed by atoms with Gasteiger partial charge in [-0.25, -0.2) is 9.97 Å². The van der Waals surface area contributed by atoms with Crippen molar-refractivity contribution in [2.45, 2.75) is 0 Å². The van der Waals surface area contributed by atoms with Gasteiger partial charge in [-0.05, 0) is 29.8 Å². The van der Waals surface area contributed by atoms with Gasteiger partial charge in [0, 0.05) is 28.3 Å². The van der Waals surface area contributed by atoms with Crippen molar-refractivity contribution in [1.82, 2.24) is 18.9 Å². The van der Waals surface area contributed by atoms with Crippen LogP contribution in [0.3, 0.4) is 0 Å². The Kier molecular flexibility index (Phi) is 5.10. The molecule has 4 aromatic carbocycles. The maximum Gasteiger partial charge on any atom is 0.235 e. The summed E-state index contributed by atoms with van der Waals surface area (Å²) in [7, 11) is 0. The second-order valence-corrected chi connectivity index (χ2v) is 9.92. The Bertz CT molecular complexity index is 2080. The molecule has 0 amide bonds. The zero-order chi connectivity index (χ0) is 26.5. The SMILES string of the molecule is c1ccc(-c2cc(-c3ccccc3)nc(-n3c4ccccc4c4c3c(-c3ccccc3)c3ccccn34)n2)cc1. The molecule has 0 saturated carbocycles. The molecule has 0 spiro atoms. The van der Waals surface area contributed by atoms with Crippen LogP contribution in [-0.4, -0.2) is 18.9 Å². The summed E-state index contributed by atoms with van der Waals surface area (Å²) < 4.78 is 4.55. The minimum Gasteiger partial charge on any atom is -0.314 e. The first-order valence-corrected chi connectivity index (χ1v) is 13.4. The van der Waals surface area contributed by atoms with Crippen molar-refractivity contribution in [2.24, 2.45) is 0 Å². The molecule has 0 aliphatic heterocycles. The van der Waals surface area contributed by atoms with Gasteiger partial charge in [-0.15, -0.1) is 0 Å². The summed E-state index contributed by atoms with van der Waals surface area (Å²) in [4.78, 5) is 10.4. The first-order chi connectivity index (χ1) is 19.9. The van der Waals surface area contributed by atoms with Crippen molar-refractivity contribution in [3.8, 4) is 39.6 Å². The van der Waals surface area contributed by atoms with E-state index in [1.165, 1.54) is 5.56 Å². The predicted molar refractivity (Wildman–Crippen MR) is 164 cm³/mol. The van der Waals surface area contributed by atoms with Crippen molar-refractivity contribution in [1.29, 1.82) is 0 Å². The van der Waals surface area contributed by atoms with E-state index in [0.29, 0.717) is 5.95 Å². The predicted octanol–water partition coefficient (Wildman–Crippen LogP) is 8.83. The summed E-state index contributed by atoms with van der Waals surface area (Å²) in [5.74, 6) is 0.652. The molecule has 0 saturated heterocycles. The highest BCUT2D eigenvalue weighted by Crippen LogP contribution is 2.42. The Morgan fingerprint density at radius 3 is 1.62 bits per heavy atom. The Balaban J connectivity index is 1.54. The molecule has 0 bridgehead atoms. The van der Waals surface area contributed by atoms with Gasteiger partial charge in [0.2, 0.25) is 5.95 Å². The second-order valence-electron chi connectivity index (χ2n) is 9.92. The molecule has 4 aromatic heterocycles. The lowest BCUT2D eigenvalue weighted by Crippen LogP contribution is -2.04. The van der Waals surface area contributed by atoms with Gasteiger partial charge in [-0.1, -0.05) is 115 Å². The van der Waals surface area contributed by atoms with Crippen LogP contribution in [0.1, 0.15) is 0 Å². The molecule has 40 heavy (non-hydrogen) atoms. The van der Waals surface area contributed by atoms with Gasteiger partial charge in [-0.3, -0.25) is 4.57 Å². The van der Waals surface area contributed by atoms with Crippen LogP contribution in [0.5, 0.6) is 0 Å². The fraction of sp³-hybridized carbons (Fsp3) is 0. The zero-order valence-electron chi connectivity index (χ0n) is 21.6. The summed E-state index contributed by atoms with van der Waals surface area (Å²) in [6.07, 6.45) is 2.15. The van der Waals surface area contributed by atoms with E-state index in [2.05, 4.69) is 143 Å². The molecule has 0 aliphatic rings. The van der Waals surface area contributed by atoms with E-state index < -0.39 is 0 Å². The Hall–Kier alpha value is -5.48. The molecular weight excluding hydrogens is 488 g/mol. The highest BCUT2D eigenvalue weighted by atomic mass is 15.2. The molecule has 4 heteroatoms. The second kappa shape index (κ2) is 9.07. The zero-order valence-corrected chi connectivity index (χ0v) is 21.6. The Labute approximate surface area is 231 Å². The molecule has 0 aliphatic carbocycles. The third-order valence-electron chi connectivity index (χ3n) is 7.56. The lowest BCUT2D eigenvalue weighted by Gasteiger charge is -2.12. The third-order valence-corrected chi connectivity index (χ3v) is 7.56. The molecule has 4 nitrogen and oxygen atoms in total. The van der Waals surface area contributed by atoms with E-state index in [-0.39, 0.29) is 0 Å². The molecule has 8 rings (SSSR count). The van der Waals surface area contributed by atoms with Gasteiger partial charge >= 0.3 is 0 Å². The molecule has 0 fully saturated rings.